The van der Waals surface area contributed by atoms with E-state index >= 15 is 0 Å². The van der Waals surface area contributed by atoms with E-state index in [0.29, 0.717) is 5.02 Å². The molecule has 4 rings (SSSR count). The van der Waals surface area contributed by atoms with Crippen LogP contribution in [0.4, 0.5) is 0 Å². The van der Waals surface area contributed by atoms with Gasteiger partial charge in [0.1, 0.15) is 11.5 Å². The molecule has 0 bridgehead atoms. The van der Waals surface area contributed by atoms with Gasteiger partial charge in [-0.2, -0.15) is 0 Å². The first kappa shape index (κ1) is 21.4. The predicted molar refractivity (Wildman–Crippen MR) is 121 cm³/mol. The highest BCUT2D eigenvalue weighted by Crippen LogP contribution is 2.28. The van der Waals surface area contributed by atoms with Crippen LogP contribution < -0.4 is 5.32 Å². The van der Waals surface area contributed by atoms with E-state index < -0.39 is 15.7 Å². The van der Waals surface area contributed by atoms with Gasteiger partial charge in [0, 0.05) is 9.90 Å². The zero-order valence-corrected chi connectivity index (χ0v) is 18.6. The van der Waals surface area contributed by atoms with Crippen molar-refractivity contribution in [1.29, 1.82) is 0 Å². The minimum Gasteiger partial charge on any atom is -0.455 e. The summed E-state index contributed by atoms with van der Waals surface area (Å²) in [7, 11) is -3.57. The predicted octanol–water partition coefficient (Wildman–Crippen LogP) is 5.49. The summed E-state index contributed by atoms with van der Waals surface area (Å²) >= 11 is 7.51. The number of sulfone groups is 1. The Balaban J connectivity index is 1.53. The first-order valence-corrected chi connectivity index (χ1v) is 12.3. The number of thiophene rings is 1. The minimum atomic E-state index is -3.57. The molecule has 4 aromatic rings. The van der Waals surface area contributed by atoms with Crippen LogP contribution in [0.2, 0.25) is 5.02 Å². The minimum absolute atomic E-state index is 0.0498. The maximum atomic E-state index is 12.9. The Morgan fingerprint density at radius 2 is 1.71 bits per heavy atom. The van der Waals surface area contributed by atoms with Crippen LogP contribution in [-0.2, 0) is 15.6 Å². The van der Waals surface area contributed by atoms with Crippen molar-refractivity contribution >= 4 is 38.7 Å². The molecule has 31 heavy (non-hydrogen) atoms. The molecule has 8 heteroatoms. The monoisotopic (exact) mass is 471 g/mol. The second kappa shape index (κ2) is 9.09. The average Bonchev–Trinajstić information content (AvgIpc) is 3.45. The summed E-state index contributed by atoms with van der Waals surface area (Å²) in [6.45, 7) is 0. The van der Waals surface area contributed by atoms with Gasteiger partial charge in [0.15, 0.2) is 15.6 Å². The number of nitrogens with one attached hydrogen (secondary N) is 1. The highest BCUT2D eigenvalue weighted by molar-refractivity contribution is 7.90. The number of halogens is 1. The molecule has 2 heterocycles. The van der Waals surface area contributed by atoms with Crippen molar-refractivity contribution in [2.24, 2.45) is 0 Å². The number of carbonyl (C=O) groups is 1. The van der Waals surface area contributed by atoms with Gasteiger partial charge in [-0.25, -0.2) is 8.42 Å². The molecular weight excluding hydrogens is 454 g/mol. The highest BCUT2D eigenvalue weighted by Gasteiger charge is 2.22. The SMILES string of the molecule is O=C(NC(c1ccc(Cl)cc1)c1cccs1)c1ccc(CS(=O)(=O)c2ccccc2)o1. The summed E-state index contributed by atoms with van der Waals surface area (Å²) in [6.07, 6.45) is 0. The fourth-order valence-corrected chi connectivity index (χ4v) is 5.30. The third-order valence-corrected chi connectivity index (χ3v) is 7.47. The maximum Gasteiger partial charge on any atom is 0.287 e. The van der Waals surface area contributed by atoms with Crippen molar-refractivity contribution in [3.63, 3.8) is 0 Å². The Morgan fingerprint density at radius 1 is 0.968 bits per heavy atom. The Bertz CT molecular complexity index is 1260. The van der Waals surface area contributed by atoms with Crippen LogP contribution in [0.25, 0.3) is 0 Å². The molecule has 0 saturated heterocycles. The summed E-state index contributed by atoms with van der Waals surface area (Å²) in [5.74, 6) is -0.505. The van der Waals surface area contributed by atoms with E-state index in [-0.39, 0.29) is 28.2 Å². The maximum absolute atomic E-state index is 12.9. The Morgan fingerprint density at radius 3 is 2.39 bits per heavy atom. The van der Waals surface area contributed by atoms with Crippen molar-refractivity contribution < 1.29 is 17.6 Å². The summed E-state index contributed by atoms with van der Waals surface area (Å²) in [6, 6.07) is 21.8. The van der Waals surface area contributed by atoms with E-state index in [4.69, 9.17) is 16.0 Å². The van der Waals surface area contributed by atoms with Gasteiger partial charge < -0.3 is 9.73 Å². The zero-order chi connectivity index (χ0) is 21.8. The van der Waals surface area contributed by atoms with E-state index in [2.05, 4.69) is 5.32 Å². The molecule has 0 saturated carbocycles. The number of hydrogen-bond donors (Lipinski definition) is 1. The second-order valence-corrected chi connectivity index (χ2v) is 10.2. The van der Waals surface area contributed by atoms with Crippen LogP contribution in [0.1, 0.15) is 32.8 Å². The van der Waals surface area contributed by atoms with Gasteiger partial charge in [-0.3, -0.25) is 4.79 Å². The van der Waals surface area contributed by atoms with Gasteiger partial charge in [-0.05, 0) is 53.4 Å². The van der Waals surface area contributed by atoms with Crippen LogP contribution in [0.5, 0.6) is 0 Å². The molecular formula is C23H18ClNO4S2. The highest BCUT2D eigenvalue weighted by atomic mass is 35.5. The largest absolute Gasteiger partial charge is 0.455 e. The van der Waals surface area contributed by atoms with Crippen molar-refractivity contribution in [2.75, 3.05) is 0 Å². The molecule has 1 N–H and O–H groups in total. The van der Waals surface area contributed by atoms with Crippen molar-refractivity contribution in [3.8, 4) is 0 Å². The lowest BCUT2D eigenvalue weighted by molar-refractivity contribution is 0.0914. The van der Waals surface area contributed by atoms with E-state index in [9.17, 15) is 13.2 Å². The second-order valence-electron chi connectivity index (χ2n) is 6.81. The van der Waals surface area contributed by atoms with E-state index in [0.717, 1.165) is 10.4 Å². The average molecular weight is 472 g/mol. The first-order valence-electron chi connectivity index (χ1n) is 9.38. The third kappa shape index (κ3) is 5.07. The molecule has 1 amide bonds. The lowest BCUT2D eigenvalue weighted by Crippen LogP contribution is -2.28. The van der Waals surface area contributed by atoms with E-state index in [1.54, 1.807) is 30.3 Å². The van der Waals surface area contributed by atoms with Crippen LogP contribution >= 0.6 is 22.9 Å². The molecule has 2 aromatic heterocycles. The summed E-state index contributed by atoms with van der Waals surface area (Å²) in [4.78, 5) is 14.0. The number of amides is 1. The van der Waals surface area contributed by atoms with Gasteiger partial charge in [-0.15, -0.1) is 11.3 Å². The third-order valence-electron chi connectivity index (χ3n) is 4.63. The van der Waals surface area contributed by atoms with Crippen LogP contribution in [0.15, 0.2) is 93.6 Å². The standard InChI is InChI=1S/C23H18ClNO4S2/c24-17-10-8-16(9-11-17)22(21-7-4-14-30-21)25-23(26)20-13-12-18(29-20)15-31(27,28)19-5-2-1-3-6-19/h1-14,22H,15H2,(H,25,26). The Kier molecular flexibility index (Phi) is 6.27. The number of benzene rings is 2. The lowest BCUT2D eigenvalue weighted by Gasteiger charge is -2.17. The van der Waals surface area contributed by atoms with Crippen molar-refractivity contribution in [1.82, 2.24) is 5.32 Å². The molecule has 1 unspecified atom stereocenters. The number of furan rings is 1. The summed E-state index contributed by atoms with van der Waals surface area (Å²) < 4.78 is 30.7. The summed E-state index contributed by atoms with van der Waals surface area (Å²) in [5, 5.41) is 5.51. The molecule has 0 spiro atoms. The topological polar surface area (TPSA) is 76.4 Å². The fraction of sp³-hybridized carbons (Fsp3) is 0.0870. The molecule has 0 aliphatic carbocycles. The van der Waals surface area contributed by atoms with Gasteiger partial charge in [0.2, 0.25) is 0 Å². The molecule has 0 fully saturated rings. The quantitative estimate of drug-likeness (QED) is 0.386. The van der Waals surface area contributed by atoms with Crippen LogP contribution in [0, 0.1) is 0 Å². The Labute approximate surface area is 189 Å². The Hall–Kier alpha value is -2.87. The van der Waals surface area contributed by atoms with Crippen molar-refractivity contribution in [2.45, 2.75) is 16.7 Å². The fourth-order valence-electron chi connectivity index (χ4n) is 3.11. The van der Waals surface area contributed by atoms with Crippen molar-refractivity contribution in [3.05, 3.63) is 111 Å². The van der Waals surface area contributed by atoms with Gasteiger partial charge in [-0.1, -0.05) is 48.0 Å². The molecule has 0 aliphatic rings. The number of rotatable bonds is 7. The van der Waals surface area contributed by atoms with Crippen LogP contribution in [-0.4, -0.2) is 14.3 Å². The molecule has 0 aliphatic heterocycles. The van der Waals surface area contributed by atoms with Crippen LogP contribution in [0.3, 0.4) is 0 Å². The smallest absolute Gasteiger partial charge is 0.287 e. The molecule has 5 nitrogen and oxygen atoms in total. The summed E-state index contributed by atoms with van der Waals surface area (Å²) in [5.41, 5.74) is 0.874. The number of hydrogen-bond acceptors (Lipinski definition) is 5. The van der Waals surface area contributed by atoms with E-state index in [1.165, 1.54) is 35.6 Å². The molecule has 158 valence electrons. The normalized spacial score (nSPS) is 12.4. The zero-order valence-electron chi connectivity index (χ0n) is 16.2. The number of carbonyl (C=O) groups excluding carboxylic acids is 1. The molecule has 2 aromatic carbocycles. The van der Waals surface area contributed by atoms with Gasteiger partial charge in [0.05, 0.1) is 10.9 Å². The molecule has 0 radical (unpaired) electrons. The first-order chi connectivity index (χ1) is 14.9. The molecule has 1 atom stereocenters. The van der Waals surface area contributed by atoms with E-state index in [1.807, 2.05) is 29.6 Å². The lowest BCUT2D eigenvalue weighted by atomic mass is 10.1. The van der Waals surface area contributed by atoms with Gasteiger partial charge >= 0.3 is 0 Å². The van der Waals surface area contributed by atoms with Gasteiger partial charge in [0.25, 0.3) is 5.91 Å².